The van der Waals surface area contributed by atoms with Gasteiger partial charge in [0.1, 0.15) is 0 Å². The first-order chi connectivity index (χ1) is 9.20. The van der Waals surface area contributed by atoms with Crippen molar-refractivity contribution in [3.8, 4) is 0 Å². The van der Waals surface area contributed by atoms with Crippen molar-refractivity contribution in [1.82, 2.24) is 0 Å². The molecule has 0 aromatic heterocycles. The highest BCUT2D eigenvalue weighted by atomic mass is 32.2. The van der Waals surface area contributed by atoms with Gasteiger partial charge in [-0.1, -0.05) is 38.0 Å². The lowest BCUT2D eigenvalue weighted by Gasteiger charge is -2.08. The first-order valence-corrected chi connectivity index (χ1v) is 7.87. The number of hydrogen-bond donors (Lipinski definition) is 1. The van der Waals surface area contributed by atoms with Crippen LogP contribution in [0.15, 0.2) is 35.2 Å². The Morgan fingerprint density at radius 1 is 1.32 bits per heavy atom. The van der Waals surface area contributed by atoms with Crippen molar-refractivity contribution >= 4 is 23.3 Å². The minimum Gasteiger partial charge on any atom is -0.478 e. The molecule has 0 heterocycles. The molecule has 19 heavy (non-hydrogen) atoms. The average Bonchev–Trinajstić information content (AvgIpc) is 2.90. The number of carboxylic acid groups (broad SMARTS) is 1. The van der Waals surface area contributed by atoms with Gasteiger partial charge in [0.25, 0.3) is 0 Å². The van der Waals surface area contributed by atoms with Crippen LogP contribution in [-0.4, -0.2) is 16.8 Å². The van der Waals surface area contributed by atoms with Crippen molar-refractivity contribution < 1.29 is 9.90 Å². The molecule has 1 saturated carbocycles. The van der Waals surface area contributed by atoms with Crippen LogP contribution in [0.5, 0.6) is 0 Å². The highest BCUT2D eigenvalue weighted by Crippen LogP contribution is 2.30. The molecule has 3 heteroatoms. The minimum atomic E-state index is -0.817. The fraction of sp³-hybridized carbons (Fsp3) is 0.438. The van der Waals surface area contributed by atoms with Crippen LogP contribution in [0.4, 0.5) is 0 Å². The normalized spacial score (nSPS) is 16.8. The van der Waals surface area contributed by atoms with Gasteiger partial charge in [-0.15, -0.1) is 11.8 Å². The van der Waals surface area contributed by atoms with E-state index in [0.29, 0.717) is 11.5 Å². The van der Waals surface area contributed by atoms with Crippen molar-refractivity contribution in [2.45, 2.75) is 37.5 Å². The van der Waals surface area contributed by atoms with Crippen molar-refractivity contribution in [1.29, 1.82) is 0 Å². The van der Waals surface area contributed by atoms with Crippen LogP contribution in [0.2, 0.25) is 0 Å². The third kappa shape index (κ3) is 3.87. The van der Waals surface area contributed by atoms with Crippen LogP contribution in [-0.2, 0) is 4.79 Å². The van der Waals surface area contributed by atoms with Crippen LogP contribution in [0.1, 0.15) is 38.2 Å². The van der Waals surface area contributed by atoms with Crippen LogP contribution in [0.25, 0.3) is 5.57 Å². The zero-order chi connectivity index (χ0) is 13.7. The zero-order valence-corrected chi connectivity index (χ0v) is 12.1. The fourth-order valence-electron chi connectivity index (χ4n) is 2.55. The van der Waals surface area contributed by atoms with Gasteiger partial charge < -0.3 is 5.11 Å². The van der Waals surface area contributed by atoms with Gasteiger partial charge in [-0.3, -0.25) is 0 Å². The summed E-state index contributed by atoms with van der Waals surface area (Å²) in [4.78, 5) is 12.6. The molecule has 1 N–H and O–H groups in total. The average molecular weight is 276 g/mol. The minimum absolute atomic E-state index is 0.441. The van der Waals surface area contributed by atoms with E-state index in [4.69, 9.17) is 0 Å². The summed E-state index contributed by atoms with van der Waals surface area (Å²) in [6.45, 7) is 2.11. The molecule has 1 aliphatic rings. The molecule has 0 amide bonds. The van der Waals surface area contributed by atoms with E-state index < -0.39 is 5.97 Å². The maximum atomic E-state index is 11.4. The van der Waals surface area contributed by atoms with E-state index in [1.54, 1.807) is 11.8 Å². The van der Waals surface area contributed by atoms with E-state index >= 15 is 0 Å². The highest BCUT2D eigenvalue weighted by molar-refractivity contribution is 7.99. The monoisotopic (exact) mass is 276 g/mol. The number of carboxylic acids is 1. The second-order valence-electron chi connectivity index (χ2n) is 4.89. The molecule has 0 unspecified atom stereocenters. The Hall–Kier alpha value is -1.22. The van der Waals surface area contributed by atoms with Crippen LogP contribution >= 0.6 is 11.8 Å². The van der Waals surface area contributed by atoms with E-state index in [1.165, 1.54) is 17.7 Å². The molecule has 0 bridgehead atoms. The number of aliphatic carboxylic acids is 1. The molecule has 1 aliphatic carbocycles. The number of rotatable bonds is 5. The molecule has 1 aromatic carbocycles. The molecule has 0 radical (unpaired) electrons. The topological polar surface area (TPSA) is 37.3 Å². The number of thioether (sulfide) groups is 1. The van der Waals surface area contributed by atoms with Gasteiger partial charge >= 0.3 is 5.97 Å². The van der Waals surface area contributed by atoms with E-state index in [9.17, 15) is 9.90 Å². The van der Waals surface area contributed by atoms with Crippen LogP contribution < -0.4 is 0 Å². The lowest BCUT2D eigenvalue weighted by atomic mass is 9.99. The van der Waals surface area contributed by atoms with E-state index in [2.05, 4.69) is 6.92 Å². The predicted octanol–water partition coefficient (Wildman–Crippen LogP) is 4.46. The van der Waals surface area contributed by atoms with E-state index in [-0.39, 0.29) is 0 Å². The van der Waals surface area contributed by atoms with Gasteiger partial charge in [-0.2, -0.15) is 0 Å². The molecule has 0 atom stereocenters. The lowest BCUT2D eigenvalue weighted by Crippen LogP contribution is -2.02. The van der Waals surface area contributed by atoms with Gasteiger partial charge in [0.15, 0.2) is 0 Å². The summed E-state index contributed by atoms with van der Waals surface area (Å²) in [7, 11) is 0. The van der Waals surface area contributed by atoms with Gasteiger partial charge in [-0.25, -0.2) is 4.79 Å². The van der Waals surface area contributed by atoms with Crippen LogP contribution in [0.3, 0.4) is 0 Å². The standard InChI is InChI=1S/C16H20O2S/c1-2-19-14-9-7-13(8-10-14)15(16(17)18)11-12-5-3-4-6-12/h7-12H,2-6H2,1H3,(H,17,18). The van der Waals surface area contributed by atoms with E-state index in [1.807, 2.05) is 30.3 Å². The summed E-state index contributed by atoms with van der Waals surface area (Å²) in [5, 5.41) is 9.39. The quantitative estimate of drug-likeness (QED) is 0.637. The molecule has 0 spiro atoms. The number of benzene rings is 1. The van der Waals surface area contributed by atoms with Crippen molar-refractivity contribution in [2.75, 3.05) is 5.75 Å². The molecule has 1 aromatic rings. The molecule has 0 aliphatic heterocycles. The Kier molecular flexibility index (Phi) is 5.08. The van der Waals surface area contributed by atoms with Gasteiger partial charge in [0, 0.05) is 4.90 Å². The first-order valence-electron chi connectivity index (χ1n) is 6.89. The van der Waals surface area contributed by atoms with Gasteiger partial charge in [-0.05, 0) is 42.2 Å². The van der Waals surface area contributed by atoms with Crippen molar-refractivity contribution in [3.63, 3.8) is 0 Å². The molecular formula is C16H20O2S. The Labute approximate surface area is 118 Å². The Bertz CT molecular complexity index is 456. The maximum Gasteiger partial charge on any atom is 0.335 e. The SMILES string of the molecule is CCSc1ccc(C(=CC2CCCC2)C(=O)O)cc1. The summed E-state index contributed by atoms with van der Waals surface area (Å²) >= 11 is 1.77. The summed E-state index contributed by atoms with van der Waals surface area (Å²) in [6, 6.07) is 7.86. The molecular weight excluding hydrogens is 256 g/mol. The number of allylic oxidation sites excluding steroid dienone is 1. The first kappa shape index (κ1) is 14.2. The largest absolute Gasteiger partial charge is 0.478 e. The van der Waals surface area contributed by atoms with Gasteiger partial charge in [0.05, 0.1) is 5.57 Å². The Morgan fingerprint density at radius 2 is 1.95 bits per heavy atom. The molecule has 102 valence electrons. The summed E-state index contributed by atoms with van der Waals surface area (Å²) in [5.74, 6) is 0.654. The Balaban J connectivity index is 2.20. The molecule has 0 saturated heterocycles. The third-order valence-electron chi connectivity index (χ3n) is 3.51. The molecule has 1 fully saturated rings. The Morgan fingerprint density at radius 3 is 2.47 bits per heavy atom. The van der Waals surface area contributed by atoms with Crippen molar-refractivity contribution in [3.05, 3.63) is 35.9 Å². The fourth-order valence-corrected chi connectivity index (χ4v) is 3.21. The summed E-state index contributed by atoms with van der Waals surface area (Å²) < 4.78 is 0. The second kappa shape index (κ2) is 6.80. The molecule has 2 nitrogen and oxygen atoms in total. The number of carbonyl (C=O) groups is 1. The molecule has 2 rings (SSSR count). The maximum absolute atomic E-state index is 11.4. The second-order valence-corrected chi connectivity index (χ2v) is 6.22. The third-order valence-corrected chi connectivity index (χ3v) is 4.40. The van der Waals surface area contributed by atoms with Crippen molar-refractivity contribution in [2.24, 2.45) is 5.92 Å². The lowest BCUT2D eigenvalue weighted by molar-refractivity contribution is -0.130. The predicted molar refractivity (Wildman–Crippen MR) is 80.4 cm³/mol. The summed E-state index contributed by atoms with van der Waals surface area (Å²) in [6.07, 6.45) is 6.65. The number of hydrogen-bond acceptors (Lipinski definition) is 2. The smallest absolute Gasteiger partial charge is 0.335 e. The van der Waals surface area contributed by atoms with E-state index in [0.717, 1.165) is 24.2 Å². The van der Waals surface area contributed by atoms with Crippen LogP contribution in [0, 0.1) is 5.92 Å². The summed E-state index contributed by atoms with van der Waals surface area (Å²) in [5.41, 5.74) is 1.28. The zero-order valence-electron chi connectivity index (χ0n) is 11.3. The highest BCUT2D eigenvalue weighted by Gasteiger charge is 2.17. The van der Waals surface area contributed by atoms with Gasteiger partial charge in [0.2, 0.25) is 0 Å².